The van der Waals surface area contributed by atoms with Gasteiger partial charge in [0.05, 0.1) is 6.61 Å². The molecule has 1 aliphatic heterocycles. The van der Waals surface area contributed by atoms with Gasteiger partial charge in [-0.15, -0.1) is 0 Å². The third-order valence-corrected chi connectivity index (χ3v) is 3.04. The standard InChI is InChI=1S/C14H18O4/c1-10-14(15)12(16-2)8-13(18-10)17-9-11-6-4-3-5-7-11/h3-7,10,12-13H,8-9H2,1-2H3/t10-,12-,13+/m0/s1. The maximum atomic E-state index is 11.7. The van der Waals surface area contributed by atoms with Gasteiger partial charge in [-0.1, -0.05) is 30.3 Å². The molecule has 0 N–H and O–H groups in total. The number of hydrogen-bond donors (Lipinski definition) is 0. The number of ketones is 1. The Labute approximate surface area is 107 Å². The van der Waals surface area contributed by atoms with Crippen molar-refractivity contribution in [1.29, 1.82) is 0 Å². The summed E-state index contributed by atoms with van der Waals surface area (Å²) in [6, 6.07) is 9.87. The predicted molar refractivity (Wildman–Crippen MR) is 66.0 cm³/mol. The molecule has 4 heteroatoms. The first-order chi connectivity index (χ1) is 8.70. The Morgan fingerprint density at radius 3 is 2.72 bits per heavy atom. The molecule has 1 heterocycles. The van der Waals surface area contributed by atoms with Crippen LogP contribution in [0, 0.1) is 0 Å². The molecule has 1 aliphatic rings. The van der Waals surface area contributed by atoms with Crippen molar-refractivity contribution in [3.63, 3.8) is 0 Å². The lowest BCUT2D eigenvalue weighted by atomic mass is 10.0. The van der Waals surface area contributed by atoms with E-state index in [1.807, 2.05) is 30.3 Å². The number of carbonyl (C=O) groups excluding carboxylic acids is 1. The molecule has 2 rings (SSSR count). The smallest absolute Gasteiger partial charge is 0.190 e. The fraction of sp³-hybridized carbons (Fsp3) is 0.500. The van der Waals surface area contributed by atoms with Crippen LogP contribution in [0.15, 0.2) is 30.3 Å². The van der Waals surface area contributed by atoms with E-state index < -0.39 is 12.2 Å². The summed E-state index contributed by atoms with van der Waals surface area (Å²) in [6.07, 6.45) is -0.825. The van der Waals surface area contributed by atoms with Gasteiger partial charge in [-0.2, -0.15) is 0 Å². The summed E-state index contributed by atoms with van der Waals surface area (Å²) in [5.41, 5.74) is 1.08. The van der Waals surface area contributed by atoms with Crippen LogP contribution in [0.25, 0.3) is 0 Å². The van der Waals surface area contributed by atoms with Crippen molar-refractivity contribution in [3.8, 4) is 0 Å². The van der Waals surface area contributed by atoms with E-state index in [1.165, 1.54) is 7.11 Å². The Bertz CT molecular complexity index is 390. The quantitative estimate of drug-likeness (QED) is 0.819. The van der Waals surface area contributed by atoms with Crippen LogP contribution in [-0.4, -0.2) is 31.4 Å². The first-order valence-electron chi connectivity index (χ1n) is 6.08. The lowest BCUT2D eigenvalue weighted by Gasteiger charge is -2.31. The summed E-state index contributed by atoms with van der Waals surface area (Å²) >= 11 is 0. The fourth-order valence-electron chi connectivity index (χ4n) is 1.99. The second-order valence-corrected chi connectivity index (χ2v) is 4.37. The van der Waals surface area contributed by atoms with E-state index in [0.29, 0.717) is 13.0 Å². The van der Waals surface area contributed by atoms with Crippen LogP contribution in [0.4, 0.5) is 0 Å². The zero-order valence-electron chi connectivity index (χ0n) is 10.7. The van der Waals surface area contributed by atoms with Gasteiger partial charge in [0.15, 0.2) is 12.1 Å². The van der Waals surface area contributed by atoms with E-state index in [1.54, 1.807) is 6.92 Å². The Balaban J connectivity index is 1.88. The summed E-state index contributed by atoms with van der Waals surface area (Å²) < 4.78 is 16.3. The van der Waals surface area contributed by atoms with Crippen molar-refractivity contribution < 1.29 is 19.0 Å². The number of methoxy groups -OCH3 is 1. The van der Waals surface area contributed by atoms with E-state index in [4.69, 9.17) is 14.2 Å². The molecule has 18 heavy (non-hydrogen) atoms. The van der Waals surface area contributed by atoms with Crippen LogP contribution < -0.4 is 0 Å². The minimum absolute atomic E-state index is 0.0166. The molecule has 0 radical (unpaired) electrons. The maximum Gasteiger partial charge on any atom is 0.190 e. The minimum Gasteiger partial charge on any atom is -0.373 e. The molecule has 3 atom stereocenters. The van der Waals surface area contributed by atoms with Crippen LogP contribution in [0.5, 0.6) is 0 Å². The lowest BCUT2D eigenvalue weighted by Crippen LogP contribution is -2.45. The van der Waals surface area contributed by atoms with Gasteiger partial charge in [-0.05, 0) is 12.5 Å². The highest BCUT2D eigenvalue weighted by Crippen LogP contribution is 2.20. The lowest BCUT2D eigenvalue weighted by molar-refractivity contribution is -0.214. The van der Waals surface area contributed by atoms with Crippen molar-refractivity contribution in [1.82, 2.24) is 0 Å². The average Bonchev–Trinajstić information content (AvgIpc) is 2.41. The molecule has 1 aromatic rings. The molecule has 1 fully saturated rings. The largest absolute Gasteiger partial charge is 0.373 e. The Kier molecular flexibility index (Phi) is 4.47. The molecule has 1 aromatic carbocycles. The van der Waals surface area contributed by atoms with E-state index in [9.17, 15) is 4.79 Å². The number of hydrogen-bond acceptors (Lipinski definition) is 4. The second-order valence-electron chi connectivity index (χ2n) is 4.37. The molecule has 0 bridgehead atoms. The molecular weight excluding hydrogens is 232 g/mol. The Morgan fingerprint density at radius 1 is 1.33 bits per heavy atom. The van der Waals surface area contributed by atoms with Gasteiger partial charge in [0.25, 0.3) is 0 Å². The van der Waals surface area contributed by atoms with E-state index in [0.717, 1.165) is 5.56 Å². The van der Waals surface area contributed by atoms with E-state index in [2.05, 4.69) is 0 Å². The molecule has 4 nitrogen and oxygen atoms in total. The van der Waals surface area contributed by atoms with Gasteiger partial charge in [0.1, 0.15) is 12.2 Å². The number of carbonyl (C=O) groups is 1. The first-order valence-corrected chi connectivity index (χ1v) is 6.08. The summed E-state index contributed by atoms with van der Waals surface area (Å²) in [7, 11) is 1.54. The molecule has 0 aromatic heterocycles. The highest BCUT2D eigenvalue weighted by atomic mass is 16.7. The van der Waals surface area contributed by atoms with Gasteiger partial charge in [0, 0.05) is 13.5 Å². The summed E-state index contributed by atoms with van der Waals surface area (Å²) in [6.45, 7) is 2.20. The number of Topliss-reactive ketones (excluding diaryl/α,β-unsaturated/α-hetero) is 1. The number of rotatable bonds is 4. The molecule has 0 saturated carbocycles. The number of ether oxygens (including phenoxy) is 3. The topological polar surface area (TPSA) is 44.8 Å². The van der Waals surface area contributed by atoms with Crippen LogP contribution in [0.1, 0.15) is 18.9 Å². The molecule has 98 valence electrons. The van der Waals surface area contributed by atoms with Crippen molar-refractivity contribution in [2.24, 2.45) is 0 Å². The summed E-state index contributed by atoms with van der Waals surface area (Å²) in [5.74, 6) is -0.0166. The Hall–Kier alpha value is -1.23. The van der Waals surface area contributed by atoms with Crippen LogP contribution >= 0.6 is 0 Å². The zero-order chi connectivity index (χ0) is 13.0. The fourth-order valence-corrected chi connectivity index (χ4v) is 1.99. The monoisotopic (exact) mass is 250 g/mol. The minimum atomic E-state index is -0.468. The van der Waals surface area contributed by atoms with Crippen LogP contribution in [0.2, 0.25) is 0 Å². The van der Waals surface area contributed by atoms with E-state index >= 15 is 0 Å². The highest BCUT2D eigenvalue weighted by molar-refractivity contribution is 5.87. The summed E-state index contributed by atoms with van der Waals surface area (Å²) in [5, 5.41) is 0. The van der Waals surface area contributed by atoms with E-state index in [-0.39, 0.29) is 12.1 Å². The highest BCUT2D eigenvalue weighted by Gasteiger charge is 2.35. The zero-order valence-corrected chi connectivity index (χ0v) is 10.7. The van der Waals surface area contributed by atoms with Gasteiger partial charge in [-0.3, -0.25) is 4.79 Å². The third kappa shape index (κ3) is 3.16. The number of benzene rings is 1. The van der Waals surface area contributed by atoms with Crippen molar-refractivity contribution in [2.75, 3.05) is 7.11 Å². The maximum absolute atomic E-state index is 11.7. The van der Waals surface area contributed by atoms with Crippen molar-refractivity contribution >= 4 is 5.78 Å². The molecule has 0 spiro atoms. The second kappa shape index (κ2) is 6.09. The molecular formula is C14H18O4. The third-order valence-electron chi connectivity index (χ3n) is 3.04. The van der Waals surface area contributed by atoms with Gasteiger partial charge in [-0.25, -0.2) is 0 Å². The molecule has 1 saturated heterocycles. The van der Waals surface area contributed by atoms with Gasteiger partial charge >= 0.3 is 0 Å². The van der Waals surface area contributed by atoms with Crippen molar-refractivity contribution in [2.45, 2.75) is 38.4 Å². The SMILES string of the molecule is CO[C@H]1C[C@H](OCc2ccccc2)O[C@@H](C)C1=O. The van der Waals surface area contributed by atoms with Crippen molar-refractivity contribution in [3.05, 3.63) is 35.9 Å². The molecule has 0 aliphatic carbocycles. The average molecular weight is 250 g/mol. The van der Waals surface area contributed by atoms with Gasteiger partial charge < -0.3 is 14.2 Å². The van der Waals surface area contributed by atoms with Crippen LogP contribution in [0.3, 0.4) is 0 Å². The molecule has 0 amide bonds. The Morgan fingerprint density at radius 2 is 2.06 bits per heavy atom. The van der Waals surface area contributed by atoms with Gasteiger partial charge in [0.2, 0.25) is 0 Å². The van der Waals surface area contributed by atoms with Crippen LogP contribution in [-0.2, 0) is 25.6 Å². The normalized spacial score (nSPS) is 28.3. The summed E-state index contributed by atoms with van der Waals surface area (Å²) in [4.78, 5) is 11.7. The first kappa shape index (κ1) is 13.2. The predicted octanol–water partition coefficient (Wildman–Crippen LogP) is 1.92. The molecule has 0 unspecified atom stereocenters.